The Bertz CT molecular complexity index is 42.2. The van der Waals surface area contributed by atoms with Gasteiger partial charge in [0.05, 0.1) is 6.42 Å². The Morgan fingerprint density at radius 2 is 1.67 bits per heavy atom. The van der Waals surface area contributed by atoms with Crippen LogP contribution >= 0.6 is 0 Å². The van der Waals surface area contributed by atoms with Gasteiger partial charge in [0.2, 0.25) is 0 Å². The SMILES string of the molecule is O=CCC=O.[H-].[Na+]. The second-order valence-electron chi connectivity index (χ2n) is 0.569. The van der Waals surface area contributed by atoms with Gasteiger partial charge in [0.1, 0.15) is 12.6 Å². The predicted molar refractivity (Wildman–Crippen MR) is 17.9 cm³/mol. The van der Waals surface area contributed by atoms with Gasteiger partial charge in [0.15, 0.2) is 0 Å². The normalized spacial score (nSPS) is 5.33. The van der Waals surface area contributed by atoms with Crippen molar-refractivity contribution < 1.29 is 40.6 Å². The molecule has 0 heterocycles. The van der Waals surface area contributed by atoms with Crippen LogP contribution in [-0.4, -0.2) is 12.6 Å². The van der Waals surface area contributed by atoms with Crippen molar-refractivity contribution in [3.63, 3.8) is 0 Å². The topological polar surface area (TPSA) is 34.1 Å². The van der Waals surface area contributed by atoms with Crippen molar-refractivity contribution in [2.45, 2.75) is 6.42 Å². The van der Waals surface area contributed by atoms with Crippen LogP contribution in [0.5, 0.6) is 0 Å². The molecule has 0 aromatic rings. The van der Waals surface area contributed by atoms with Crippen LogP contribution in [0, 0.1) is 0 Å². The molecule has 0 N–H and O–H groups in total. The fraction of sp³-hybridized carbons (Fsp3) is 0.333. The predicted octanol–water partition coefficient (Wildman–Crippen LogP) is -3.11. The Hall–Kier alpha value is 0.340. The van der Waals surface area contributed by atoms with Gasteiger partial charge >= 0.3 is 29.6 Å². The second-order valence-corrected chi connectivity index (χ2v) is 0.569. The molecule has 0 aliphatic carbocycles. The fourth-order valence-corrected chi connectivity index (χ4v) is 0.0393. The van der Waals surface area contributed by atoms with Gasteiger partial charge in [-0.1, -0.05) is 0 Å². The molecule has 0 saturated heterocycles. The van der Waals surface area contributed by atoms with Gasteiger partial charge in [0.25, 0.3) is 0 Å². The Morgan fingerprint density at radius 3 is 1.67 bits per heavy atom. The first-order valence-electron chi connectivity index (χ1n) is 1.29. The molecular formula is C3H5NaO2. The Kier molecular flexibility index (Phi) is 14.4. The van der Waals surface area contributed by atoms with E-state index in [2.05, 4.69) is 0 Å². The number of hydrogen-bond acceptors (Lipinski definition) is 2. The Morgan fingerprint density at radius 1 is 1.33 bits per heavy atom. The second kappa shape index (κ2) is 9.02. The number of carbonyl (C=O) groups is 2. The van der Waals surface area contributed by atoms with Crippen LogP contribution in [0.2, 0.25) is 0 Å². The molecule has 30 valence electrons. The maximum Gasteiger partial charge on any atom is 1.00 e. The van der Waals surface area contributed by atoms with Gasteiger partial charge in [-0.05, 0) is 0 Å². The van der Waals surface area contributed by atoms with Gasteiger partial charge in [-0.3, -0.25) is 0 Å². The van der Waals surface area contributed by atoms with Crippen LogP contribution < -0.4 is 29.6 Å². The molecule has 0 saturated carbocycles. The zero-order valence-electron chi connectivity index (χ0n) is 4.68. The zero-order chi connectivity index (χ0) is 4.12. The quantitative estimate of drug-likeness (QED) is 0.207. The number of aldehydes is 2. The van der Waals surface area contributed by atoms with Crippen LogP contribution in [0.3, 0.4) is 0 Å². The largest absolute Gasteiger partial charge is 1.00 e. The van der Waals surface area contributed by atoms with E-state index in [9.17, 15) is 9.59 Å². The van der Waals surface area contributed by atoms with E-state index in [0.717, 1.165) is 0 Å². The van der Waals surface area contributed by atoms with E-state index in [4.69, 9.17) is 0 Å². The van der Waals surface area contributed by atoms with Crippen molar-refractivity contribution >= 4 is 12.6 Å². The number of hydrogen-bond donors (Lipinski definition) is 0. The molecule has 0 rings (SSSR count). The van der Waals surface area contributed by atoms with Crippen molar-refractivity contribution in [1.29, 1.82) is 0 Å². The molecule has 3 heteroatoms. The standard InChI is InChI=1S/C3H4O2.Na.H/c4-2-1-3-5;;/h2-3H,1H2;;/q;+1;-1. The summed E-state index contributed by atoms with van der Waals surface area (Å²) in [6, 6.07) is 0. The Labute approximate surface area is 59.7 Å². The van der Waals surface area contributed by atoms with Crippen molar-refractivity contribution in [3.8, 4) is 0 Å². The summed E-state index contributed by atoms with van der Waals surface area (Å²) >= 11 is 0. The van der Waals surface area contributed by atoms with E-state index in [-0.39, 0.29) is 37.4 Å². The van der Waals surface area contributed by atoms with E-state index in [0.29, 0.717) is 12.6 Å². The molecule has 0 aliphatic rings. The van der Waals surface area contributed by atoms with Gasteiger partial charge in [-0.25, -0.2) is 0 Å². The maximum atomic E-state index is 9.17. The molecule has 0 unspecified atom stereocenters. The third-order valence-electron chi connectivity index (χ3n) is 0.192. The third kappa shape index (κ3) is 8.84. The summed E-state index contributed by atoms with van der Waals surface area (Å²) in [7, 11) is 0. The minimum Gasteiger partial charge on any atom is -1.00 e. The summed E-state index contributed by atoms with van der Waals surface area (Å²) in [5.74, 6) is 0. The first-order valence-corrected chi connectivity index (χ1v) is 1.29. The van der Waals surface area contributed by atoms with E-state index in [1.54, 1.807) is 0 Å². The molecule has 0 bridgehead atoms. The summed E-state index contributed by atoms with van der Waals surface area (Å²) in [5.41, 5.74) is 0. The first kappa shape index (κ1) is 9.60. The van der Waals surface area contributed by atoms with Crippen molar-refractivity contribution in [2.75, 3.05) is 0 Å². The molecule has 0 aromatic heterocycles. The zero-order valence-corrected chi connectivity index (χ0v) is 5.68. The van der Waals surface area contributed by atoms with Gasteiger partial charge in [0, 0.05) is 0 Å². The van der Waals surface area contributed by atoms with E-state index in [1.807, 2.05) is 0 Å². The summed E-state index contributed by atoms with van der Waals surface area (Å²) in [4.78, 5) is 18.3. The molecule has 6 heavy (non-hydrogen) atoms. The molecule has 0 aliphatic heterocycles. The van der Waals surface area contributed by atoms with Crippen molar-refractivity contribution in [1.82, 2.24) is 0 Å². The van der Waals surface area contributed by atoms with Crippen molar-refractivity contribution in [3.05, 3.63) is 0 Å². The molecule has 0 radical (unpaired) electrons. The number of rotatable bonds is 2. The van der Waals surface area contributed by atoms with Crippen LogP contribution in [0.4, 0.5) is 0 Å². The monoisotopic (exact) mass is 96.0 g/mol. The van der Waals surface area contributed by atoms with Crippen molar-refractivity contribution in [2.24, 2.45) is 0 Å². The third-order valence-corrected chi connectivity index (χ3v) is 0.192. The summed E-state index contributed by atoms with van der Waals surface area (Å²) in [6.45, 7) is 0. The summed E-state index contributed by atoms with van der Waals surface area (Å²) < 4.78 is 0. The maximum absolute atomic E-state index is 9.17. The molecule has 0 spiro atoms. The smallest absolute Gasteiger partial charge is 1.00 e. The molecule has 0 aromatic carbocycles. The Balaban J connectivity index is -0.0000000800. The van der Waals surface area contributed by atoms with Gasteiger partial charge in [-0.2, -0.15) is 0 Å². The molecule has 2 nitrogen and oxygen atoms in total. The molecule has 0 amide bonds. The summed E-state index contributed by atoms with van der Waals surface area (Å²) in [5, 5.41) is 0. The van der Waals surface area contributed by atoms with E-state index >= 15 is 0 Å². The molecule has 0 atom stereocenters. The summed E-state index contributed by atoms with van der Waals surface area (Å²) in [6.07, 6.45) is 1.15. The van der Waals surface area contributed by atoms with Crippen LogP contribution in [0.25, 0.3) is 0 Å². The van der Waals surface area contributed by atoms with Crippen LogP contribution in [0.1, 0.15) is 7.85 Å². The minimum atomic E-state index is 0. The first-order chi connectivity index (χ1) is 2.41. The fourth-order valence-electron chi connectivity index (χ4n) is 0.0393. The average Bonchev–Trinajstić information content (AvgIpc) is 1.41. The van der Waals surface area contributed by atoms with E-state index < -0.39 is 0 Å². The van der Waals surface area contributed by atoms with Gasteiger partial charge < -0.3 is 11.0 Å². The van der Waals surface area contributed by atoms with Gasteiger partial charge in [-0.15, -0.1) is 0 Å². The molecule has 0 fully saturated rings. The average molecular weight is 96.1 g/mol. The van der Waals surface area contributed by atoms with Crippen LogP contribution in [-0.2, 0) is 9.59 Å². The minimum absolute atomic E-state index is 0. The van der Waals surface area contributed by atoms with E-state index in [1.165, 1.54) is 0 Å². The molecular weight excluding hydrogens is 91.0 g/mol. The number of carbonyl (C=O) groups excluding carboxylic acids is 2. The van der Waals surface area contributed by atoms with Crippen LogP contribution in [0.15, 0.2) is 0 Å².